The van der Waals surface area contributed by atoms with Crippen LogP contribution in [0.4, 0.5) is 0 Å². The molecule has 104 valence electrons. The average Bonchev–Trinajstić information content (AvgIpc) is 2.87. The molecule has 1 unspecified atom stereocenters. The average molecular weight is 266 g/mol. The molecule has 8 heteroatoms. The number of carbonyl (C=O) groups excluding carboxylic acids is 2. The fourth-order valence-electron chi connectivity index (χ4n) is 2.07. The molecule has 2 rings (SSSR count). The predicted octanol–water partition coefficient (Wildman–Crippen LogP) is -1.34. The summed E-state index contributed by atoms with van der Waals surface area (Å²) in [5, 5.41) is 9.67. The molecular weight excluding hydrogens is 248 g/mol. The van der Waals surface area contributed by atoms with Gasteiger partial charge in [0.05, 0.1) is 0 Å². The molecule has 0 spiro atoms. The Kier molecular flexibility index (Phi) is 4.10. The Balaban J connectivity index is 2.14. The molecule has 1 aliphatic heterocycles. The van der Waals surface area contributed by atoms with Crippen molar-refractivity contribution in [3.05, 3.63) is 11.6 Å². The number of nitrogens with one attached hydrogen (secondary N) is 2. The maximum atomic E-state index is 12.3. The number of piperazine rings is 1. The number of hydrogen-bond donors (Lipinski definition) is 3. The molecule has 1 aliphatic rings. The number of primary amides is 1. The molecule has 2 heterocycles. The van der Waals surface area contributed by atoms with Gasteiger partial charge in [-0.2, -0.15) is 0 Å². The highest BCUT2D eigenvalue weighted by Crippen LogP contribution is 2.08. The third-order valence-corrected chi connectivity index (χ3v) is 3.04. The molecule has 1 aromatic heterocycles. The second-order valence-electron chi connectivity index (χ2n) is 4.48. The third kappa shape index (κ3) is 2.90. The van der Waals surface area contributed by atoms with Crippen LogP contribution in [0.1, 0.15) is 29.8 Å². The Labute approximate surface area is 110 Å². The van der Waals surface area contributed by atoms with Gasteiger partial charge in [-0.1, -0.05) is 6.92 Å². The number of rotatable bonds is 4. The summed E-state index contributed by atoms with van der Waals surface area (Å²) in [6, 6.07) is -0.644. The Morgan fingerprint density at radius 3 is 3.00 bits per heavy atom. The Morgan fingerprint density at radius 1 is 1.53 bits per heavy atom. The van der Waals surface area contributed by atoms with Gasteiger partial charge in [-0.05, 0) is 6.42 Å². The molecular formula is C11H18N6O2. The van der Waals surface area contributed by atoms with Crippen LogP contribution in [0.25, 0.3) is 0 Å². The second kappa shape index (κ2) is 5.79. The fourth-order valence-corrected chi connectivity index (χ4v) is 2.07. The lowest BCUT2D eigenvalue weighted by atomic mass is 10.2. The molecule has 2 amide bonds. The highest BCUT2D eigenvalue weighted by Gasteiger charge is 2.32. The number of aromatic nitrogens is 3. The van der Waals surface area contributed by atoms with Gasteiger partial charge in [0.1, 0.15) is 11.9 Å². The summed E-state index contributed by atoms with van der Waals surface area (Å²) in [6.07, 6.45) is 1.65. The smallest absolute Gasteiger partial charge is 0.294 e. The fraction of sp³-hybridized carbons (Fsp3) is 0.636. The van der Waals surface area contributed by atoms with E-state index >= 15 is 0 Å². The number of nitrogens with two attached hydrogens (primary N) is 1. The third-order valence-electron chi connectivity index (χ3n) is 3.04. The normalized spacial score (nSPS) is 19.4. The molecule has 1 aromatic rings. The first-order valence-electron chi connectivity index (χ1n) is 6.35. The van der Waals surface area contributed by atoms with E-state index < -0.39 is 11.9 Å². The standard InChI is InChI=1S/C11H18N6O2/c1-2-3-8-14-10(16-15-8)11(19)17-5-4-13-6-7(17)9(12)18/h7,13H,2-6H2,1H3,(H2,12,18)(H,14,15,16). The van der Waals surface area contributed by atoms with Crippen molar-refractivity contribution in [2.24, 2.45) is 5.73 Å². The van der Waals surface area contributed by atoms with E-state index in [9.17, 15) is 9.59 Å². The number of H-pyrrole nitrogens is 1. The van der Waals surface area contributed by atoms with E-state index in [0.29, 0.717) is 25.5 Å². The van der Waals surface area contributed by atoms with Crippen LogP contribution in [-0.4, -0.2) is 57.6 Å². The van der Waals surface area contributed by atoms with Gasteiger partial charge in [-0.3, -0.25) is 14.7 Å². The zero-order valence-corrected chi connectivity index (χ0v) is 10.8. The summed E-state index contributed by atoms with van der Waals surface area (Å²) in [6.45, 7) is 3.43. The maximum absolute atomic E-state index is 12.3. The van der Waals surface area contributed by atoms with Gasteiger partial charge < -0.3 is 16.0 Å². The second-order valence-corrected chi connectivity index (χ2v) is 4.48. The van der Waals surface area contributed by atoms with Crippen LogP contribution >= 0.6 is 0 Å². The molecule has 1 saturated heterocycles. The highest BCUT2D eigenvalue weighted by atomic mass is 16.2. The van der Waals surface area contributed by atoms with Crippen molar-refractivity contribution >= 4 is 11.8 Å². The van der Waals surface area contributed by atoms with E-state index in [0.717, 1.165) is 12.8 Å². The summed E-state index contributed by atoms with van der Waals surface area (Å²) in [7, 11) is 0. The Hall–Kier alpha value is -1.96. The summed E-state index contributed by atoms with van der Waals surface area (Å²) in [4.78, 5) is 29.2. The van der Waals surface area contributed by atoms with E-state index in [-0.39, 0.29) is 11.7 Å². The number of aromatic amines is 1. The summed E-state index contributed by atoms with van der Waals surface area (Å²) >= 11 is 0. The van der Waals surface area contributed by atoms with Crippen LogP contribution in [0.5, 0.6) is 0 Å². The van der Waals surface area contributed by atoms with Gasteiger partial charge in [0, 0.05) is 26.1 Å². The molecule has 4 N–H and O–H groups in total. The monoisotopic (exact) mass is 266 g/mol. The number of amides is 2. The van der Waals surface area contributed by atoms with Crippen molar-refractivity contribution in [1.82, 2.24) is 25.4 Å². The minimum Gasteiger partial charge on any atom is -0.368 e. The van der Waals surface area contributed by atoms with Crippen molar-refractivity contribution in [1.29, 1.82) is 0 Å². The van der Waals surface area contributed by atoms with Gasteiger partial charge in [0.2, 0.25) is 11.7 Å². The summed E-state index contributed by atoms with van der Waals surface area (Å²) in [5.74, 6) is -0.109. The van der Waals surface area contributed by atoms with Crippen molar-refractivity contribution < 1.29 is 9.59 Å². The molecule has 1 fully saturated rings. The van der Waals surface area contributed by atoms with Crippen LogP contribution in [0.2, 0.25) is 0 Å². The van der Waals surface area contributed by atoms with E-state index in [1.807, 2.05) is 6.92 Å². The van der Waals surface area contributed by atoms with Crippen molar-refractivity contribution in [3.63, 3.8) is 0 Å². The van der Waals surface area contributed by atoms with Crippen molar-refractivity contribution in [2.75, 3.05) is 19.6 Å². The van der Waals surface area contributed by atoms with Gasteiger partial charge in [0.15, 0.2) is 0 Å². The lowest BCUT2D eigenvalue weighted by Gasteiger charge is -2.33. The number of aryl methyl sites for hydroxylation is 1. The van der Waals surface area contributed by atoms with E-state index in [4.69, 9.17) is 5.73 Å². The predicted molar refractivity (Wildman–Crippen MR) is 67.3 cm³/mol. The number of hydrogen-bond acceptors (Lipinski definition) is 5. The van der Waals surface area contributed by atoms with Crippen LogP contribution < -0.4 is 11.1 Å². The zero-order chi connectivity index (χ0) is 13.8. The minimum atomic E-state index is -0.644. The quantitative estimate of drug-likeness (QED) is 0.623. The van der Waals surface area contributed by atoms with Crippen molar-refractivity contribution in [2.45, 2.75) is 25.8 Å². The molecule has 0 radical (unpaired) electrons. The maximum Gasteiger partial charge on any atom is 0.294 e. The lowest BCUT2D eigenvalue weighted by molar-refractivity contribution is -0.122. The first kappa shape index (κ1) is 13.5. The lowest BCUT2D eigenvalue weighted by Crippen LogP contribution is -2.58. The SMILES string of the molecule is CCCc1nc(C(=O)N2CCNCC2C(N)=O)n[nH]1. The molecule has 0 aromatic carbocycles. The first-order valence-corrected chi connectivity index (χ1v) is 6.35. The van der Waals surface area contributed by atoms with E-state index in [1.165, 1.54) is 4.90 Å². The first-order chi connectivity index (χ1) is 9.13. The van der Waals surface area contributed by atoms with Gasteiger partial charge in [-0.15, -0.1) is 5.10 Å². The van der Waals surface area contributed by atoms with E-state index in [2.05, 4.69) is 20.5 Å². The minimum absolute atomic E-state index is 0.0941. The van der Waals surface area contributed by atoms with Crippen LogP contribution in [0.15, 0.2) is 0 Å². The van der Waals surface area contributed by atoms with Gasteiger partial charge >= 0.3 is 0 Å². The van der Waals surface area contributed by atoms with Gasteiger partial charge in [0.25, 0.3) is 5.91 Å². The van der Waals surface area contributed by atoms with Crippen LogP contribution in [0, 0.1) is 0 Å². The zero-order valence-electron chi connectivity index (χ0n) is 10.8. The largest absolute Gasteiger partial charge is 0.368 e. The van der Waals surface area contributed by atoms with Crippen molar-refractivity contribution in [3.8, 4) is 0 Å². The highest BCUT2D eigenvalue weighted by molar-refractivity contribution is 5.94. The molecule has 1 atom stereocenters. The van der Waals surface area contributed by atoms with Crippen LogP contribution in [-0.2, 0) is 11.2 Å². The van der Waals surface area contributed by atoms with Gasteiger partial charge in [-0.25, -0.2) is 4.98 Å². The molecule has 0 bridgehead atoms. The van der Waals surface area contributed by atoms with Crippen LogP contribution in [0.3, 0.4) is 0 Å². The Bertz CT molecular complexity index is 472. The topological polar surface area (TPSA) is 117 Å². The molecule has 8 nitrogen and oxygen atoms in total. The molecule has 0 saturated carbocycles. The molecule has 0 aliphatic carbocycles. The Morgan fingerprint density at radius 2 is 2.32 bits per heavy atom. The summed E-state index contributed by atoms with van der Waals surface area (Å²) in [5.41, 5.74) is 5.30. The number of carbonyl (C=O) groups is 2. The molecule has 19 heavy (non-hydrogen) atoms. The van der Waals surface area contributed by atoms with E-state index in [1.54, 1.807) is 0 Å². The number of nitrogens with zero attached hydrogens (tertiary/aromatic N) is 3. The summed E-state index contributed by atoms with van der Waals surface area (Å²) < 4.78 is 0.